The Bertz CT molecular complexity index is 307. The van der Waals surface area contributed by atoms with E-state index in [4.69, 9.17) is 5.73 Å². The molecule has 0 saturated heterocycles. The molecule has 2 N–H and O–H groups in total. The fourth-order valence-electron chi connectivity index (χ4n) is 1.45. The van der Waals surface area contributed by atoms with E-state index in [1.54, 1.807) is 0 Å². The van der Waals surface area contributed by atoms with Crippen molar-refractivity contribution < 1.29 is 4.79 Å². The normalized spacial score (nSPS) is 10.1. The highest BCUT2D eigenvalue weighted by Crippen LogP contribution is 2.11. The molecule has 0 saturated carbocycles. The number of aryl methyl sites for hydroxylation is 1. The van der Waals surface area contributed by atoms with Crippen molar-refractivity contribution in [3.8, 4) is 0 Å². The largest absolute Gasteiger partial charge is 0.330 e. The number of ketones is 1. The summed E-state index contributed by atoms with van der Waals surface area (Å²) in [6, 6.07) is 7.71. The van der Waals surface area contributed by atoms with E-state index in [0.29, 0.717) is 13.0 Å². The number of hydrogen-bond donors (Lipinski definition) is 1. The van der Waals surface area contributed by atoms with E-state index in [-0.39, 0.29) is 5.78 Å². The van der Waals surface area contributed by atoms with Gasteiger partial charge in [0.15, 0.2) is 5.78 Å². The summed E-state index contributed by atoms with van der Waals surface area (Å²) in [7, 11) is 0. The van der Waals surface area contributed by atoms with Crippen LogP contribution in [-0.4, -0.2) is 12.3 Å². The number of carbonyl (C=O) groups excluding carboxylic acids is 1. The van der Waals surface area contributed by atoms with Gasteiger partial charge < -0.3 is 5.73 Å². The molecular weight excluding hydrogens is 174 g/mol. The zero-order chi connectivity index (χ0) is 10.4. The Balaban J connectivity index is 2.56. The zero-order valence-electron chi connectivity index (χ0n) is 8.62. The van der Waals surface area contributed by atoms with Gasteiger partial charge in [-0.05, 0) is 31.9 Å². The lowest BCUT2D eigenvalue weighted by molar-refractivity contribution is 0.0979. The van der Waals surface area contributed by atoms with Crippen LogP contribution in [0.4, 0.5) is 0 Å². The Kier molecular flexibility index (Phi) is 4.33. The molecule has 0 radical (unpaired) electrons. The highest BCUT2D eigenvalue weighted by Gasteiger charge is 2.06. The first-order chi connectivity index (χ1) is 6.75. The van der Waals surface area contributed by atoms with Crippen molar-refractivity contribution in [2.45, 2.75) is 26.2 Å². The standard InChI is InChI=1S/C12H17NO/c1-10-6-2-3-7-11(10)12(14)8-4-5-9-13/h2-3,6-7H,4-5,8-9,13H2,1H3. The van der Waals surface area contributed by atoms with Crippen molar-refractivity contribution in [2.24, 2.45) is 5.73 Å². The second kappa shape index (κ2) is 5.55. The third-order valence-electron chi connectivity index (χ3n) is 2.30. The van der Waals surface area contributed by atoms with E-state index in [1.807, 2.05) is 31.2 Å². The zero-order valence-corrected chi connectivity index (χ0v) is 8.62. The van der Waals surface area contributed by atoms with Crippen molar-refractivity contribution in [2.75, 3.05) is 6.54 Å². The lowest BCUT2D eigenvalue weighted by Gasteiger charge is -2.03. The molecule has 0 aliphatic heterocycles. The van der Waals surface area contributed by atoms with Crippen LogP contribution in [0.1, 0.15) is 35.2 Å². The van der Waals surface area contributed by atoms with Gasteiger partial charge in [0.1, 0.15) is 0 Å². The quantitative estimate of drug-likeness (QED) is 0.573. The Hall–Kier alpha value is -1.15. The summed E-state index contributed by atoms with van der Waals surface area (Å²) in [5.41, 5.74) is 7.28. The number of hydrogen-bond acceptors (Lipinski definition) is 2. The summed E-state index contributed by atoms with van der Waals surface area (Å²) >= 11 is 0. The molecule has 1 rings (SSSR count). The van der Waals surface area contributed by atoms with E-state index in [9.17, 15) is 4.79 Å². The number of benzene rings is 1. The second-order valence-electron chi connectivity index (χ2n) is 3.48. The van der Waals surface area contributed by atoms with Crippen LogP contribution in [0.2, 0.25) is 0 Å². The maximum absolute atomic E-state index is 11.7. The van der Waals surface area contributed by atoms with Gasteiger partial charge >= 0.3 is 0 Å². The molecule has 0 heterocycles. The number of carbonyl (C=O) groups is 1. The minimum absolute atomic E-state index is 0.233. The molecule has 0 amide bonds. The topological polar surface area (TPSA) is 43.1 Å². The Morgan fingerprint density at radius 3 is 2.64 bits per heavy atom. The minimum Gasteiger partial charge on any atom is -0.330 e. The fourth-order valence-corrected chi connectivity index (χ4v) is 1.45. The molecule has 0 fully saturated rings. The molecule has 0 aliphatic rings. The van der Waals surface area contributed by atoms with Gasteiger partial charge in [0.05, 0.1) is 0 Å². The fraction of sp³-hybridized carbons (Fsp3) is 0.417. The van der Waals surface area contributed by atoms with Crippen LogP contribution in [-0.2, 0) is 0 Å². The van der Waals surface area contributed by atoms with Gasteiger partial charge in [-0.15, -0.1) is 0 Å². The first kappa shape index (κ1) is 10.9. The lowest BCUT2D eigenvalue weighted by atomic mass is 10.0. The highest BCUT2D eigenvalue weighted by atomic mass is 16.1. The first-order valence-corrected chi connectivity index (χ1v) is 5.04. The molecule has 2 nitrogen and oxygen atoms in total. The van der Waals surface area contributed by atoms with Gasteiger partial charge in [-0.2, -0.15) is 0 Å². The van der Waals surface area contributed by atoms with Crippen molar-refractivity contribution in [1.29, 1.82) is 0 Å². The van der Waals surface area contributed by atoms with Gasteiger partial charge in [-0.3, -0.25) is 4.79 Å². The van der Waals surface area contributed by atoms with Gasteiger partial charge in [-0.25, -0.2) is 0 Å². The molecule has 14 heavy (non-hydrogen) atoms. The van der Waals surface area contributed by atoms with E-state index in [2.05, 4.69) is 0 Å². The van der Waals surface area contributed by atoms with Crippen molar-refractivity contribution in [1.82, 2.24) is 0 Å². The number of nitrogens with two attached hydrogens (primary N) is 1. The van der Waals surface area contributed by atoms with Crippen molar-refractivity contribution in [3.63, 3.8) is 0 Å². The Labute approximate surface area is 85.1 Å². The molecule has 0 spiro atoms. The second-order valence-corrected chi connectivity index (χ2v) is 3.48. The molecule has 1 aromatic carbocycles. The third kappa shape index (κ3) is 2.96. The van der Waals surface area contributed by atoms with Crippen LogP contribution in [0, 0.1) is 6.92 Å². The molecule has 0 aromatic heterocycles. The van der Waals surface area contributed by atoms with Crippen LogP contribution < -0.4 is 5.73 Å². The predicted molar refractivity (Wildman–Crippen MR) is 58.4 cm³/mol. The van der Waals surface area contributed by atoms with Gasteiger partial charge in [0.25, 0.3) is 0 Å². The molecule has 2 heteroatoms. The summed E-state index contributed by atoms with van der Waals surface area (Å²) in [6.07, 6.45) is 2.43. The number of rotatable bonds is 5. The summed E-state index contributed by atoms with van der Waals surface area (Å²) in [5.74, 6) is 0.233. The Morgan fingerprint density at radius 1 is 1.29 bits per heavy atom. The summed E-state index contributed by atoms with van der Waals surface area (Å²) < 4.78 is 0. The lowest BCUT2D eigenvalue weighted by Crippen LogP contribution is -2.04. The van der Waals surface area contributed by atoms with Crippen molar-refractivity contribution in [3.05, 3.63) is 35.4 Å². The van der Waals surface area contributed by atoms with Gasteiger partial charge in [-0.1, -0.05) is 24.3 Å². The average Bonchev–Trinajstić information content (AvgIpc) is 2.18. The summed E-state index contributed by atoms with van der Waals surface area (Å²) in [4.78, 5) is 11.7. The van der Waals surface area contributed by atoms with E-state index in [0.717, 1.165) is 24.0 Å². The molecule has 1 aromatic rings. The van der Waals surface area contributed by atoms with Crippen LogP contribution >= 0.6 is 0 Å². The number of unbranched alkanes of at least 4 members (excludes halogenated alkanes) is 1. The van der Waals surface area contributed by atoms with E-state index < -0.39 is 0 Å². The summed E-state index contributed by atoms with van der Waals surface area (Å²) in [6.45, 7) is 2.64. The third-order valence-corrected chi connectivity index (χ3v) is 2.30. The van der Waals surface area contributed by atoms with Gasteiger partial charge in [0.2, 0.25) is 0 Å². The van der Waals surface area contributed by atoms with Crippen LogP contribution in [0.5, 0.6) is 0 Å². The predicted octanol–water partition coefficient (Wildman–Crippen LogP) is 2.31. The SMILES string of the molecule is Cc1ccccc1C(=O)CCCCN. The minimum atomic E-state index is 0.233. The molecule has 0 unspecified atom stereocenters. The molecule has 0 bridgehead atoms. The first-order valence-electron chi connectivity index (χ1n) is 5.04. The maximum Gasteiger partial charge on any atom is 0.163 e. The smallest absolute Gasteiger partial charge is 0.163 e. The highest BCUT2D eigenvalue weighted by molar-refractivity contribution is 5.97. The molecular formula is C12H17NO. The average molecular weight is 191 g/mol. The van der Waals surface area contributed by atoms with Crippen LogP contribution in [0.3, 0.4) is 0 Å². The molecule has 0 atom stereocenters. The van der Waals surface area contributed by atoms with Gasteiger partial charge in [0, 0.05) is 12.0 Å². The van der Waals surface area contributed by atoms with Crippen molar-refractivity contribution >= 4 is 5.78 Å². The molecule has 76 valence electrons. The van der Waals surface area contributed by atoms with E-state index in [1.165, 1.54) is 0 Å². The van der Waals surface area contributed by atoms with E-state index >= 15 is 0 Å². The number of Topliss-reactive ketones (excluding diaryl/α,β-unsaturated/α-hetero) is 1. The monoisotopic (exact) mass is 191 g/mol. The Morgan fingerprint density at radius 2 is 2.00 bits per heavy atom. The molecule has 0 aliphatic carbocycles. The van der Waals surface area contributed by atoms with Crippen LogP contribution in [0.25, 0.3) is 0 Å². The maximum atomic E-state index is 11.7. The summed E-state index contributed by atoms with van der Waals surface area (Å²) in [5, 5.41) is 0. The van der Waals surface area contributed by atoms with Crippen LogP contribution in [0.15, 0.2) is 24.3 Å².